The molecule has 0 bridgehead atoms. The summed E-state index contributed by atoms with van der Waals surface area (Å²) in [6, 6.07) is 4.72. The number of rotatable bonds is 5. The van der Waals surface area contributed by atoms with Gasteiger partial charge >= 0.3 is 0 Å². The first-order valence-electron chi connectivity index (χ1n) is 9.82. The Balaban J connectivity index is 1.64. The summed E-state index contributed by atoms with van der Waals surface area (Å²) in [4.78, 5) is 6.11. The van der Waals surface area contributed by atoms with E-state index in [1.165, 1.54) is 6.07 Å². The van der Waals surface area contributed by atoms with E-state index in [0.717, 1.165) is 31.0 Å². The summed E-state index contributed by atoms with van der Waals surface area (Å²) in [5.74, 6) is -3.27. The molecule has 2 heterocycles. The van der Waals surface area contributed by atoms with Crippen molar-refractivity contribution in [1.82, 2.24) is 9.88 Å². The van der Waals surface area contributed by atoms with Crippen LogP contribution < -0.4 is 9.62 Å². The first-order chi connectivity index (χ1) is 14.6. The number of nitrogens with one attached hydrogen (secondary N) is 1. The van der Waals surface area contributed by atoms with E-state index in [0.29, 0.717) is 31.0 Å². The average molecular weight is 475 g/mol. The second-order valence-electron chi connectivity index (χ2n) is 8.22. The van der Waals surface area contributed by atoms with Crippen LogP contribution in [0.2, 0.25) is 5.02 Å². The number of nitrogens with zero attached hydrogens (tertiary/aromatic N) is 3. The van der Waals surface area contributed by atoms with Gasteiger partial charge in [-0.1, -0.05) is 17.7 Å². The normalized spacial score (nSPS) is 23.5. The van der Waals surface area contributed by atoms with Crippen LogP contribution in [0.25, 0.3) is 0 Å². The maximum absolute atomic E-state index is 15.0. The lowest BCUT2D eigenvalue weighted by atomic mass is 9.97. The Hall–Kier alpha value is -2.04. The SMILES string of the molecule is CN(C)[C@H]1CC[C@@H]2CN(c3cc(F)c(S(=O)(=O)Nc4cccc(F)n4)c(F)c3Cl)C[C@@H]21. The van der Waals surface area contributed by atoms with Crippen molar-refractivity contribution >= 4 is 33.1 Å². The van der Waals surface area contributed by atoms with E-state index >= 15 is 4.39 Å². The lowest BCUT2D eigenvalue weighted by Crippen LogP contribution is -2.35. The van der Waals surface area contributed by atoms with Crippen molar-refractivity contribution < 1.29 is 21.6 Å². The largest absolute Gasteiger partial charge is 0.370 e. The molecule has 0 unspecified atom stereocenters. The second kappa shape index (κ2) is 8.14. The van der Waals surface area contributed by atoms with Gasteiger partial charge in [-0.3, -0.25) is 4.72 Å². The lowest BCUT2D eigenvalue weighted by molar-refractivity contribution is 0.237. The maximum atomic E-state index is 15.0. The van der Waals surface area contributed by atoms with E-state index < -0.39 is 43.3 Å². The number of aromatic nitrogens is 1. The predicted octanol–water partition coefficient (Wildman–Crippen LogP) is 3.73. The van der Waals surface area contributed by atoms with E-state index in [2.05, 4.69) is 9.88 Å². The summed E-state index contributed by atoms with van der Waals surface area (Å²) in [5, 5.41) is -0.463. The summed E-state index contributed by atoms with van der Waals surface area (Å²) in [6.45, 7) is 1.19. The molecule has 0 spiro atoms. The van der Waals surface area contributed by atoms with E-state index in [-0.39, 0.29) is 5.69 Å². The van der Waals surface area contributed by atoms with Crippen LogP contribution in [0.15, 0.2) is 29.2 Å². The fourth-order valence-corrected chi connectivity index (χ4v) is 6.24. The molecule has 1 saturated heterocycles. The highest BCUT2D eigenvalue weighted by molar-refractivity contribution is 7.92. The van der Waals surface area contributed by atoms with E-state index in [4.69, 9.17) is 11.6 Å². The highest BCUT2D eigenvalue weighted by Crippen LogP contribution is 2.44. The average Bonchev–Trinajstić information content (AvgIpc) is 3.24. The third-order valence-electron chi connectivity index (χ3n) is 6.14. The number of anilines is 2. The van der Waals surface area contributed by atoms with Crippen LogP contribution in [0.4, 0.5) is 24.7 Å². The van der Waals surface area contributed by atoms with Gasteiger partial charge in [0.2, 0.25) is 5.95 Å². The Kier molecular flexibility index (Phi) is 5.82. The van der Waals surface area contributed by atoms with Gasteiger partial charge in [0.05, 0.1) is 5.69 Å². The number of fused-ring (bicyclic) bond motifs is 1. The van der Waals surface area contributed by atoms with Crippen LogP contribution >= 0.6 is 11.6 Å². The molecule has 1 aromatic heterocycles. The smallest absolute Gasteiger partial charge is 0.268 e. The van der Waals surface area contributed by atoms with Crippen LogP contribution in [-0.4, -0.2) is 51.5 Å². The van der Waals surface area contributed by atoms with Gasteiger partial charge in [0.15, 0.2) is 10.7 Å². The molecule has 11 heteroatoms. The molecule has 1 saturated carbocycles. The lowest BCUT2D eigenvalue weighted by Gasteiger charge is -2.27. The zero-order valence-electron chi connectivity index (χ0n) is 16.9. The summed E-state index contributed by atoms with van der Waals surface area (Å²) in [7, 11) is -0.696. The third kappa shape index (κ3) is 4.08. The Labute approximate surface area is 184 Å². The predicted molar refractivity (Wildman–Crippen MR) is 112 cm³/mol. The van der Waals surface area contributed by atoms with Crippen molar-refractivity contribution in [3.8, 4) is 0 Å². The number of sulfonamides is 1. The molecular formula is C20H22ClF3N4O2S. The van der Waals surface area contributed by atoms with Crippen molar-refractivity contribution in [3.63, 3.8) is 0 Å². The van der Waals surface area contributed by atoms with E-state index in [1.807, 2.05) is 23.7 Å². The zero-order chi connectivity index (χ0) is 22.5. The molecule has 1 aliphatic heterocycles. The van der Waals surface area contributed by atoms with Crippen molar-refractivity contribution in [2.45, 2.75) is 23.8 Å². The van der Waals surface area contributed by atoms with Gasteiger partial charge < -0.3 is 9.80 Å². The summed E-state index contributed by atoms with van der Waals surface area (Å²) in [5.41, 5.74) is 0.131. The minimum atomic E-state index is -4.73. The number of hydrogen-bond acceptors (Lipinski definition) is 5. The molecule has 2 fully saturated rings. The molecule has 1 N–H and O–H groups in total. The number of halogens is 4. The van der Waals surface area contributed by atoms with Crippen LogP contribution in [0.5, 0.6) is 0 Å². The summed E-state index contributed by atoms with van der Waals surface area (Å²) in [6.07, 6.45) is 2.09. The molecule has 2 aliphatic rings. The fraction of sp³-hybridized carbons (Fsp3) is 0.450. The van der Waals surface area contributed by atoms with Crippen LogP contribution in [0.1, 0.15) is 12.8 Å². The molecule has 0 amide bonds. The van der Waals surface area contributed by atoms with Crippen LogP contribution in [0.3, 0.4) is 0 Å². The quantitative estimate of drug-likeness (QED) is 0.528. The van der Waals surface area contributed by atoms with Crippen LogP contribution in [-0.2, 0) is 10.0 Å². The third-order valence-corrected chi connectivity index (χ3v) is 7.89. The topological polar surface area (TPSA) is 65.5 Å². The van der Waals surface area contributed by atoms with Gasteiger partial charge in [0, 0.05) is 25.2 Å². The molecule has 6 nitrogen and oxygen atoms in total. The standard InChI is InChI=1S/C20H22ClF3N4O2S/c1-27(2)14-7-6-11-9-28(10-12(11)14)15-8-13(22)20(19(24)18(15)21)31(29,30)26-17-5-3-4-16(23)25-17/h3-5,8,11-12,14H,6-7,9-10H2,1-2H3,(H,25,26)/t11-,12+,14+/m1/s1. The molecule has 2 aromatic rings. The fourth-order valence-electron chi connectivity index (χ4n) is 4.77. The Bertz CT molecular complexity index is 1120. The van der Waals surface area contributed by atoms with Gasteiger partial charge in [0.25, 0.3) is 10.0 Å². The van der Waals surface area contributed by atoms with Crippen LogP contribution in [0, 0.1) is 29.4 Å². The first-order valence-corrected chi connectivity index (χ1v) is 11.7. The van der Waals surface area contributed by atoms with Crippen molar-refractivity contribution in [2.24, 2.45) is 11.8 Å². The van der Waals surface area contributed by atoms with E-state index in [9.17, 15) is 17.2 Å². The maximum Gasteiger partial charge on any atom is 0.268 e. The minimum Gasteiger partial charge on any atom is -0.370 e. The number of benzene rings is 1. The summed E-state index contributed by atoms with van der Waals surface area (Å²) < 4.78 is 70.2. The molecule has 168 valence electrons. The second-order valence-corrected chi connectivity index (χ2v) is 10.2. The van der Waals surface area contributed by atoms with Gasteiger partial charge in [-0.15, -0.1) is 0 Å². The van der Waals surface area contributed by atoms with Gasteiger partial charge in [-0.25, -0.2) is 22.2 Å². The molecule has 4 rings (SSSR count). The van der Waals surface area contributed by atoms with Gasteiger partial charge in [-0.2, -0.15) is 4.39 Å². The molecule has 0 radical (unpaired) electrons. The molecule has 31 heavy (non-hydrogen) atoms. The molecular weight excluding hydrogens is 453 g/mol. The monoisotopic (exact) mass is 474 g/mol. The zero-order valence-corrected chi connectivity index (χ0v) is 18.5. The molecule has 1 aliphatic carbocycles. The highest BCUT2D eigenvalue weighted by atomic mass is 35.5. The molecule has 3 atom stereocenters. The first kappa shape index (κ1) is 22.2. The van der Waals surface area contributed by atoms with Crippen molar-refractivity contribution in [1.29, 1.82) is 0 Å². The van der Waals surface area contributed by atoms with Gasteiger partial charge in [-0.05, 0) is 50.9 Å². The Morgan fingerprint density at radius 3 is 2.61 bits per heavy atom. The number of pyridine rings is 1. The Morgan fingerprint density at radius 1 is 1.19 bits per heavy atom. The van der Waals surface area contributed by atoms with Crippen molar-refractivity contribution in [2.75, 3.05) is 36.8 Å². The number of hydrogen-bond donors (Lipinski definition) is 1. The van der Waals surface area contributed by atoms with Gasteiger partial charge in [0.1, 0.15) is 16.7 Å². The molecule has 1 aromatic carbocycles. The highest BCUT2D eigenvalue weighted by Gasteiger charge is 2.44. The Morgan fingerprint density at radius 2 is 1.94 bits per heavy atom. The van der Waals surface area contributed by atoms with E-state index in [1.54, 1.807) is 0 Å². The van der Waals surface area contributed by atoms with Crippen molar-refractivity contribution in [3.05, 3.63) is 46.9 Å². The summed E-state index contributed by atoms with van der Waals surface area (Å²) >= 11 is 6.18. The minimum absolute atomic E-state index is 0.131.